The summed E-state index contributed by atoms with van der Waals surface area (Å²) in [4.78, 5) is 10.7. The third-order valence-electron chi connectivity index (χ3n) is 1.35. The number of carbonyl (C=O) groups excluding carboxylic acids is 1. The van der Waals surface area contributed by atoms with E-state index in [1.807, 2.05) is 0 Å². The van der Waals surface area contributed by atoms with Gasteiger partial charge in [0, 0.05) is 12.0 Å². The Morgan fingerprint density at radius 3 is 2.91 bits per heavy atom. The summed E-state index contributed by atoms with van der Waals surface area (Å²) in [6.07, 6.45) is 5.58. The molecule has 1 N–H and O–H groups in total. The highest BCUT2D eigenvalue weighted by Crippen LogP contribution is 2.14. The summed E-state index contributed by atoms with van der Waals surface area (Å²) < 4.78 is 0. The average Bonchev–Trinajstić information content (AvgIpc) is 2.26. The van der Waals surface area contributed by atoms with Crippen molar-refractivity contribution in [1.82, 2.24) is 0 Å². The summed E-state index contributed by atoms with van der Waals surface area (Å²) in [7, 11) is 0. The minimum Gasteiger partial charge on any atom is -0.387 e. The molecule has 0 aromatic heterocycles. The number of carbonyl (C=O) groups is 1. The maximum Gasteiger partial charge on any atom is 0.159 e. The Morgan fingerprint density at radius 2 is 2.45 bits per heavy atom. The SMILES string of the molecule is C#CC#CC1=CC(=O)C[C@@H]1O. The van der Waals surface area contributed by atoms with Crippen LogP contribution in [0, 0.1) is 24.2 Å². The number of hydrogen-bond acceptors (Lipinski definition) is 2. The number of ketones is 1. The van der Waals surface area contributed by atoms with Gasteiger partial charge in [0.05, 0.1) is 6.10 Å². The first kappa shape index (κ1) is 7.60. The van der Waals surface area contributed by atoms with E-state index in [1.54, 1.807) is 0 Å². The van der Waals surface area contributed by atoms with Crippen molar-refractivity contribution >= 4 is 5.78 Å². The van der Waals surface area contributed by atoms with Crippen LogP contribution in [0.3, 0.4) is 0 Å². The van der Waals surface area contributed by atoms with E-state index in [4.69, 9.17) is 11.5 Å². The zero-order valence-corrected chi connectivity index (χ0v) is 5.79. The first-order valence-electron chi connectivity index (χ1n) is 3.13. The first-order chi connectivity index (χ1) is 5.24. The van der Waals surface area contributed by atoms with Gasteiger partial charge in [-0.2, -0.15) is 0 Å². The topological polar surface area (TPSA) is 37.3 Å². The van der Waals surface area contributed by atoms with Crippen molar-refractivity contribution in [3.05, 3.63) is 11.6 Å². The Labute approximate surface area is 64.9 Å². The Hall–Kier alpha value is -1.51. The lowest BCUT2D eigenvalue weighted by Gasteiger charge is -1.96. The summed E-state index contributed by atoms with van der Waals surface area (Å²) in [5.41, 5.74) is 0.424. The Balaban J connectivity index is 2.82. The highest BCUT2D eigenvalue weighted by Gasteiger charge is 2.20. The van der Waals surface area contributed by atoms with E-state index in [-0.39, 0.29) is 12.2 Å². The van der Waals surface area contributed by atoms with Gasteiger partial charge in [-0.05, 0) is 17.9 Å². The number of terminal acetylenes is 1. The molecule has 0 radical (unpaired) electrons. The van der Waals surface area contributed by atoms with Gasteiger partial charge in [-0.25, -0.2) is 0 Å². The molecule has 2 nitrogen and oxygen atoms in total. The highest BCUT2D eigenvalue weighted by atomic mass is 16.3. The van der Waals surface area contributed by atoms with E-state index >= 15 is 0 Å². The Morgan fingerprint density at radius 1 is 1.73 bits per heavy atom. The predicted molar refractivity (Wildman–Crippen MR) is 40.3 cm³/mol. The fourth-order valence-corrected chi connectivity index (χ4v) is 0.857. The Kier molecular flexibility index (Phi) is 2.11. The van der Waals surface area contributed by atoms with Crippen molar-refractivity contribution in [2.24, 2.45) is 0 Å². The lowest BCUT2D eigenvalue weighted by atomic mass is 10.2. The molecule has 1 atom stereocenters. The third-order valence-corrected chi connectivity index (χ3v) is 1.35. The molecule has 0 fully saturated rings. The van der Waals surface area contributed by atoms with Crippen molar-refractivity contribution in [1.29, 1.82) is 0 Å². The van der Waals surface area contributed by atoms with Gasteiger partial charge in [0.1, 0.15) is 0 Å². The van der Waals surface area contributed by atoms with E-state index in [0.29, 0.717) is 5.57 Å². The zero-order valence-electron chi connectivity index (χ0n) is 5.79. The van der Waals surface area contributed by atoms with Crippen LogP contribution >= 0.6 is 0 Å². The number of aliphatic hydroxyl groups excluding tert-OH is 1. The molecule has 0 saturated carbocycles. The fraction of sp³-hybridized carbons (Fsp3) is 0.222. The van der Waals surface area contributed by atoms with E-state index in [1.165, 1.54) is 6.08 Å². The van der Waals surface area contributed by atoms with Crippen LogP contribution in [0.15, 0.2) is 11.6 Å². The summed E-state index contributed by atoms with van der Waals surface area (Å²) in [6.45, 7) is 0. The maximum absolute atomic E-state index is 10.7. The molecule has 54 valence electrons. The van der Waals surface area contributed by atoms with Crippen molar-refractivity contribution in [3.8, 4) is 24.2 Å². The van der Waals surface area contributed by atoms with Crippen LogP contribution in [-0.2, 0) is 4.79 Å². The standard InChI is InChI=1S/C9H6O2/c1-2-3-4-7-5-8(10)6-9(7)11/h1,5,9,11H,6H2/t9-/m0/s1. The van der Waals surface area contributed by atoms with Crippen LogP contribution in [0.5, 0.6) is 0 Å². The molecule has 0 heterocycles. The number of hydrogen-bond donors (Lipinski definition) is 1. The number of allylic oxidation sites excluding steroid dienone is 1. The zero-order chi connectivity index (χ0) is 8.27. The van der Waals surface area contributed by atoms with Gasteiger partial charge in [-0.3, -0.25) is 4.79 Å². The average molecular weight is 146 g/mol. The second kappa shape index (κ2) is 3.05. The largest absolute Gasteiger partial charge is 0.387 e. The lowest BCUT2D eigenvalue weighted by Crippen LogP contribution is -2.04. The Bertz CT molecular complexity index is 307. The van der Waals surface area contributed by atoms with Crippen LogP contribution in [-0.4, -0.2) is 17.0 Å². The van der Waals surface area contributed by atoms with E-state index < -0.39 is 6.10 Å². The predicted octanol–water partition coefficient (Wildman–Crippen LogP) is -0.117. The molecule has 0 bridgehead atoms. The van der Waals surface area contributed by atoms with Gasteiger partial charge in [-0.15, -0.1) is 6.42 Å². The molecule has 2 heteroatoms. The second-order valence-corrected chi connectivity index (χ2v) is 2.18. The molecular formula is C9H6O2. The molecule has 1 aliphatic rings. The molecule has 0 aromatic rings. The van der Waals surface area contributed by atoms with Crippen LogP contribution in [0.4, 0.5) is 0 Å². The first-order valence-corrected chi connectivity index (χ1v) is 3.13. The molecule has 11 heavy (non-hydrogen) atoms. The van der Waals surface area contributed by atoms with Crippen molar-refractivity contribution < 1.29 is 9.90 Å². The maximum atomic E-state index is 10.7. The third kappa shape index (κ3) is 1.70. The summed E-state index contributed by atoms with van der Waals surface area (Å²) in [5.74, 6) is 6.86. The van der Waals surface area contributed by atoms with E-state index in [9.17, 15) is 4.79 Å². The van der Waals surface area contributed by atoms with Crippen LogP contribution < -0.4 is 0 Å². The van der Waals surface area contributed by atoms with Crippen molar-refractivity contribution in [2.45, 2.75) is 12.5 Å². The van der Waals surface area contributed by atoms with Crippen molar-refractivity contribution in [3.63, 3.8) is 0 Å². The monoisotopic (exact) mass is 146 g/mol. The molecule has 1 rings (SSSR count). The molecule has 0 spiro atoms. The minimum absolute atomic E-state index is 0.0983. The minimum atomic E-state index is -0.747. The molecule has 0 aromatic carbocycles. The van der Waals surface area contributed by atoms with E-state index in [0.717, 1.165) is 0 Å². The van der Waals surface area contributed by atoms with E-state index in [2.05, 4.69) is 17.8 Å². The quantitative estimate of drug-likeness (QED) is 0.484. The molecule has 0 aliphatic heterocycles. The summed E-state index contributed by atoms with van der Waals surface area (Å²) >= 11 is 0. The fourth-order valence-electron chi connectivity index (χ4n) is 0.857. The smallest absolute Gasteiger partial charge is 0.159 e. The van der Waals surface area contributed by atoms with Gasteiger partial charge >= 0.3 is 0 Å². The van der Waals surface area contributed by atoms with Crippen LogP contribution in [0.1, 0.15) is 6.42 Å². The molecule has 0 amide bonds. The molecule has 1 aliphatic carbocycles. The molecule has 0 saturated heterocycles. The normalized spacial score (nSPS) is 21.6. The highest BCUT2D eigenvalue weighted by molar-refractivity contribution is 5.95. The van der Waals surface area contributed by atoms with Crippen LogP contribution in [0.25, 0.3) is 0 Å². The summed E-state index contributed by atoms with van der Waals surface area (Å²) in [5, 5.41) is 9.13. The van der Waals surface area contributed by atoms with Crippen LogP contribution in [0.2, 0.25) is 0 Å². The lowest BCUT2D eigenvalue weighted by molar-refractivity contribution is -0.114. The van der Waals surface area contributed by atoms with Gasteiger partial charge in [-0.1, -0.05) is 5.92 Å². The number of rotatable bonds is 0. The molecular weight excluding hydrogens is 140 g/mol. The number of aliphatic hydroxyl groups is 1. The van der Waals surface area contributed by atoms with Gasteiger partial charge in [0.15, 0.2) is 5.78 Å². The van der Waals surface area contributed by atoms with Crippen molar-refractivity contribution in [2.75, 3.05) is 0 Å². The molecule has 0 unspecified atom stereocenters. The van der Waals surface area contributed by atoms with Gasteiger partial charge in [0.25, 0.3) is 0 Å². The summed E-state index contributed by atoms with van der Waals surface area (Å²) in [6, 6.07) is 0. The second-order valence-electron chi connectivity index (χ2n) is 2.18. The van der Waals surface area contributed by atoms with Gasteiger partial charge in [0.2, 0.25) is 0 Å². The van der Waals surface area contributed by atoms with Gasteiger partial charge < -0.3 is 5.11 Å².